The average molecular weight is 586 g/mol. The molecule has 1 saturated heterocycles. The monoisotopic (exact) mass is 585 g/mol. The van der Waals surface area contributed by atoms with E-state index in [9.17, 15) is 23.5 Å². The molecule has 5 rings (SSSR count). The Bertz CT molecular complexity index is 1390. The largest absolute Gasteiger partial charge is 0.490 e. The van der Waals surface area contributed by atoms with E-state index in [-0.39, 0.29) is 44.0 Å². The Hall–Kier alpha value is -4.05. The first kappa shape index (κ1) is 28.5. The summed E-state index contributed by atoms with van der Waals surface area (Å²) in [6.45, 7) is 1.13. The Labute approximate surface area is 241 Å². The SMILES string of the molecule is O=C(O)N1CCN(c2ccc(OCCOc3cc(F)ccc3F)cc2)[C@@H](C(=O)N(Cc2ccccc2Cl)C2CC2)C1. The fraction of sp³-hybridized carbons (Fsp3) is 0.333. The second kappa shape index (κ2) is 12.6. The van der Waals surface area contributed by atoms with Crippen LogP contribution in [0.3, 0.4) is 0 Å². The normalized spacial score (nSPS) is 16.8. The van der Waals surface area contributed by atoms with Crippen molar-refractivity contribution in [3.8, 4) is 11.5 Å². The molecule has 8 nitrogen and oxygen atoms in total. The molecule has 1 heterocycles. The molecular formula is C30H30ClF2N3O5. The predicted molar refractivity (Wildman–Crippen MR) is 150 cm³/mol. The number of piperazine rings is 1. The average Bonchev–Trinajstić information content (AvgIpc) is 3.82. The second-order valence-corrected chi connectivity index (χ2v) is 10.4. The number of rotatable bonds is 10. The molecule has 0 radical (unpaired) electrons. The summed E-state index contributed by atoms with van der Waals surface area (Å²) < 4.78 is 38.0. The number of halogens is 3. The summed E-state index contributed by atoms with van der Waals surface area (Å²) in [7, 11) is 0. The lowest BCUT2D eigenvalue weighted by molar-refractivity contribution is -0.134. The van der Waals surface area contributed by atoms with Gasteiger partial charge in [0.1, 0.15) is 30.8 Å². The highest BCUT2D eigenvalue weighted by Gasteiger charge is 2.41. The molecule has 0 aromatic heterocycles. The molecule has 0 spiro atoms. The highest BCUT2D eigenvalue weighted by molar-refractivity contribution is 6.31. The summed E-state index contributed by atoms with van der Waals surface area (Å²) in [6, 6.07) is 16.9. The van der Waals surface area contributed by atoms with Gasteiger partial charge in [-0.1, -0.05) is 29.8 Å². The number of carbonyl (C=O) groups excluding carboxylic acids is 1. The molecule has 216 valence electrons. The van der Waals surface area contributed by atoms with Crippen LogP contribution in [0.15, 0.2) is 66.7 Å². The van der Waals surface area contributed by atoms with Gasteiger partial charge in [0.2, 0.25) is 5.91 Å². The molecule has 2 aliphatic rings. The lowest BCUT2D eigenvalue weighted by Gasteiger charge is -2.42. The quantitative estimate of drug-likeness (QED) is 0.319. The molecule has 3 aromatic carbocycles. The topological polar surface area (TPSA) is 82.5 Å². The molecule has 1 saturated carbocycles. The minimum Gasteiger partial charge on any atom is -0.490 e. The van der Waals surface area contributed by atoms with Crippen LogP contribution in [0.2, 0.25) is 5.02 Å². The van der Waals surface area contributed by atoms with E-state index in [0.717, 1.165) is 42.3 Å². The number of carbonyl (C=O) groups is 2. The van der Waals surface area contributed by atoms with Crippen molar-refractivity contribution in [1.82, 2.24) is 9.80 Å². The van der Waals surface area contributed by atoms with Gasteiger partial charge in [0.15, 0.2) is 11.6 Å². The van der Waals surface area contributed by atoms with Gasteiger partial charge < -0.3 is 29.3 Å². The van der Waals surface area contributed by atoms with Crippen LogP contribution in [-0.2, 0) is 11.3 Å². The third kappa shape index (κ3) is 7.00. The fourth-order valence-corrected chi connectivity index (χ4v) is 5.08. The number of benzene rings is 3. The van der Waals surface area contributed by atoms with E-state index < -0.39 is 23.8 Å². The van der Waals surface area contributed by atoms with Crippen molar-refractivity contribution in [2.45, 2.75) is 31.5 Å². The van der Waals surface area contributed by atoms with Crippen molar-refractivity contribution in [3.05, 3.63) is 89.0 Å². The van der Waals surface area contributed by atoms with Crippen molar-refractivity contribution in [2.24, 2.45) is 0 Å². The van der Waals surface area contributed by atoms with E-state index in [1.807, 2.05) is 40.1 Å². The molecule has 2 fully saturated rings. The van der Waals surface area contributed by atoms with Gasteiger partial charge in [0.05, 0.1) is 6.54 Å². The van der Waals surface area contributed by atoms with Gasteiger partial charge in [-0.05, 0) is 60.9 Å². The molecule has 41 heavy (non-hydrogen) atoms. The Morgan fingerprint density at radius 3 is 2.41 bits per heavy atom. The Morgan fingerprint density at radius 2 is 1.71 bits per heavy atom. The Balaban J connectivity index is 1.26. The maximum Gasteiger partial charge on any atom is 0.407 e. The number of anilines is 1. The molecule has 1 aliphatic carbocycles. The summed E-state index contributed by atoms with van der Waals surface area (Å²) in [6.07, 6.45) is 0.732. The summed E-state index contributed by atoms with van der Waals surface area (Å²) >= 11 is 6.39. The third-order valence-electron chi connectivity index (χ3n) is 7.18. The fourth-order valence-electron chi connectivity index (χ4n) is 4.88. The van der Waals surface area contributed by atoms with Crippen molar-refractivity contribution in [3.63, 3.8) is 0 Å². The van der Waals surface area contributed by atoms with Crippen LogP contribution in [0.25, 0.3) is 0 Å². The van der Waals surface area contributed by atoms with Crippen molar-refractivity contribution >= 4 is 29.3 Å². The molecule has 1 N–H and O–H groups in total. The highest BCUT2D eigenvalue weighted by atomic mass is 35.5. The molecular weight excluding hydrogens is 556 g/mol. The summed E-state index contributed by atoms with van der Waals surface area (Å²) in [5.41, 5.74) is 1.60. The van der Waals surface area contributed by atoms with Gasteiger partial charge in [-0.2, -0.15) is 0 Å². The Kier molecular flexibility index (Phi) is 8.78. The van der Waals surface area contributed by atoms with E-state index in [1.54, 1.807) is 18.2 Å². The number of amides is 2. The van der Waals surface area contributed by atoms with Crippen LogP contribution in [0.1, 0.15) is 18.4 Å². The summed E-state index contributed by atoms with van der Waals surface area (Å²) in [5.74, 6) is -1.05. The van der Waals surface area contributed by atoms with Gasteiger partial charge in [0, 0.05) is 42.5 Å². The molecule has 2 amide bonds. The van der Waals surface area contributed by atoms with Crippen molar-refractivity contribution in [1.29, 1.82) is 0 Å². The van der Waals surface area contributed by atoms with Crippen LogP contribution < -0.4 is 14.4 Å². The molecule has 0 bridgehead atoms. The maximum atomic E-state index is 14.0. The lowest BCUT2D eigenvalue weighted by Crippen LogP contribution is -2.61. The van der Waals surface area contributed by atoms with Gasteiger partial charge in [0.25, 0.3) is 0 Å². The smallest absolute Gasteiger partial charge is 0.407 e. The van der Waals surface area contributed by atoms with E-state index in [0.29, 0.717) is 23.9 Å². The number of ether oxygens (including phenoxy) is 2. The van der Waals surface area contributed by atoms with E-state index in [2.05, 4.69) is 0 Å². The first-order chi connectivity index (χ1) is 19.8. The van der Waals surface area contributed by atoms with Gasteiger partial charge in [-0.3, -0.25) is 4.79 Å². The van der Waals surface area contributed by atoms with E-state index in [4.69, 9.17) is 21.1 Å². The second-order valence-electron chi connectivity index (χ2n) is 9.99. The van der Waals surface area contributed by atoms with Crippen LogP contribution >= 0.6 is 11.6 Å². The van der Waals surface area contributed by atoms with E-state index in [1.165, 1.54) is 4.90 Å². The zero-order valence-corrected chi connectivity index (χ0v) is 23.0. The highest BCUT2D eigenvalue weighted by Crippen LogP contribution is 2.33. The van der Waals surface area contributed by atoms with E-state index >= 15 is 0 Å². The number of nitrogens with zero attached hydrogens (tertiary/aromatic N) is 3. The van der Waals surface area contributed by atoms with Crippen molar-refractivity contribution in [2.75, 3.05) is 37.7 Å². The lowest BCUT2D eigenvalue weighted by atomic mass is 10.1. The van der Waals surface area contributed by atoms with Crippen LogP contribution in [-0.4, -0.2) is 71.8 Å². The van der Waals surface area contributed by atoms with Crippen molar-refractivity contribution < 1.29 is 33.0 Å². The molecule has 0 unspecified atom stereocenters. The van der Waals surface area contributed by atoms with Gasteiger partial charge in [-0.15, -0.1) is 0 Å². The third-order valence-corrected chi connectivity index (χ3v) is 7.55. The minimum atomic E-state index is -1.06. The minimum absolute atomic E-state index is 0.0122. The molecule has 11 heteroatoms. The Morgan fingerprint density at radius 1 is 0.976 bits per heavy atom. The zero-order chi connectivity index (χ0) is 28.9. The molecule has 3 aromatic rings. The maximum absolute atomic E-state index is 14.0. The van der Waals surface area contributed by atoms with Crippen LogP contribution in [0.4, 0.5) is 19.3 Å². The number of carboxylic acid groups (broad SMARTS) is 1. The number of hydrogen-bond acceptors (Lipinski definition) is 5. The predicted octanol–water partition coefficient (Wildman–Crippen LogP) is 5.44. The zero-order valence-electron chi connectivity index (χ0n) is 22.2. The van der Waals surface area contributed by atoms with Gasteiger partial charge in [-0.25, -0.2) is 13.6 Å². The summed E-state index contributed by atoms with van der Waals surface area (Å²) in [4.78, 5) is 30.8. The number of hydrogen-bond donors (Lipinski definition) is 1. The first-order valence-corrected chi connectivity index (χ1v) is 13.8. The first-order valence-electron chi connectivity index (χ1n) is 13.4. The standard InChI is InChI=1S/C30H30ClF2N3O5/c31-25-4-2-1-3-20(25)18-36(23-6-7-23)29(37)27-19-34(30(38)39)13-14-35(27)22-8-10-24(11-9-22)40-15-16-41-28-17-21(32)5-12-26(28)33/h1-5,8-12,17,23,27H,6-7,13-16,18-19H2,(H,38,39)/t27-/m1/s1. The molecule has 1 aliphatic heterocycles. The summed E-state index contributed by atoms with van der Waals surface area (Å²) in [5, 5.41) is 10.2. The van der Waals surface area contributed by atoms with Crippen LogP contribution in [0, 0.1) is 11.6 Å². The van der Waals surface area contributed by atoms with Crippen LogP contribution in [0.5, 0.6) is 11.5 Å². The van der Waals surface area contributed by atoms with Gasteiger partial charge >= 0.3 is 6.09 Å². The molecule has 1 atom stereocenters.